The Hall–Kier alpha value is -0.893. The van der Waals surface area contributed by atoms with Crippen LogP contribution < -0.4 is 0 Å². The molecular formula is C10H14OSi. The van der Waals surface area contributed by atoms with Gasteiger partial charge in [0.15, 0.2) is 5.78 Å². The number of benzene rings is 1. The Morgan fingerprint density at radius 3 is 2.33 bits per heavy atom. The first-order valence-corrected chi connectivity index (χ1v) is 7.41. The van der Waals surface area contributed by atoms with Crippen molar-refractivity contribution in [2.24, 2.45) is 0 Å². The van der Waals surface area contributed by atoms with Crippen LogP contribution in [0.25, 0.3) is 0 Å². The quantitative estimate of drug-likeness (QED) is 0.513. The minimum atomic E-state index is -0.748. The van der Waals surface area contributed by atoms with Gasteiger partial charge in [-0.05, 0) is 0 Å². The van der Waals surface area contributed by atoms with Crippen molar-refractivity contribution in [3.05, 3.63) is 35.9 Å². The van der Waals surface area contributed by atoms with Crippen molar-refractivity contribution >= 4 is 14.6 Å². The van der Waals surface area contributed by atoms with E-state index in [9.17, 15) is 4.79 Å². The van der Waals surface area contributed by atoms with Crippen LogP contribution >= 0.6 is 0 Å². The Kier molecular flexibility index (Phi) is 3.23. The molecule has 0 heterocycles. The average molecular weight is 178 g/mol. The van der Waals surface area contributed by atoms with E-state index in [0.29, 0.717) is 5.78 Å². The third kappa shape index (κ3) is 2.62. The number of rotatable bonds is 3. The summed E-state index contributed by atoms with van der Waals surface area (Å²) in [6.07, 6.45) is 0. The molecule has 0 aliphatic carbocycles. The van der Waals surface area contributed by atoms with E-state index in [2.05, 4.69) is 13.1 Å². The monoisotopic (exact) mass is 178 g/mol. The van der Waals surface area contributed by atoms with Gasteiger partial charge in [0.1, 0.15) is 0 Å². The number of carbonyl (C=O) groups excluding carboxylic acids is 1. The molecule has 0 saturated carbocycles. The van der Waals surface area contributed by atoms with Gasteiger partial charge in [0.05, 0.1) is 0 Å². The molecule has 1 aromatic rings. The lowest BCUT2D eigenvalue weighted by molar-refractivity contribution is 0.101. The molecule has 1 rings (SSSR count). The molecule has 0 fully saturated rings. The van der Waals surface area contributed by atoms with E-state index >= 15 is 0 Å². The largest absolute Gasteiger partial charge is 0.295 e. The molecule has 0 saturated heterocycles. The van der Waals surface area contributed by atoms with E-state index in [1.54, 1.807) is 0 Å². The van der Waals surface area contributed by atoms with Crippen LogP contribution in [0.2, 0.25) is 19.1 Å². The van der Waals surface area contributed by atoms with Crippen LogP contribution in [0.4, 0.5) is 0 Å². The van der Waals surface area contributed by atoms with Gasteiger partial charge in [-0.15, -0.1) is 0 Å². The van der Waals surface area contributed by atoms with Gasteiger partial charge in [0.2, 0.25) is 0 Å². The van der Waals surface area contributed by atoms with Crippen molar-refractivity contribution in [2.45, 2.75) is 19.1 Å². The fourth-order valence-corrected chi connectivity index (χ4v) is 2.09. The van der Waals surface area contributed by atoms with Gasteiger partial charge in [-0.1, -0.05) is 43.4 Å². The van der Waals surface area contributed by atoms with Crippen LogP contribution in [0.5, 0.6) is 0 Å². The number of hydrogen-bond donors (Lipinski definition) is 0. The fraction of sp³-hybridized carbons (Fsp3) is 0.300. The summed E-state index contributed by atoms with van der Waals surface area (Å²) in [6.45, 7) is 4.39. The number of carbonyl (C=O) groups is 1. The van der Waals surface area contributed by atoms with Gasteiger partial charge < -0.3 is 0 Å². The third-order valence-electron chi connectivity index (χ3n) is 1.69. The lowest BCUT2D eigenvalue weighted by Crippen LogP contribution is -2.08. The minimum absolute atomic E-state index is 0.303. The predicted molar refractivity (Wildman–Crippen MR) is 54.5 cm³/mol. The molecule has 0 spiro atoms. The Balaban J connectivity index is 2.66. The second-order valence-corrected chi connectivity index (χ2v) is 6.58. The summed E-state index contributed by atoms with van der Waals surface area (Å²) in [7, 11) is -0.748. The Bertz CT molecular complexity index is 254. The van der Waals surface area contributed by atoms with Crippen LogP contribution in [0.1, 0.15) is 10.4 Å². The van der Waals surface area contributed by atoms with Crippen LogP contribution in [-0.4, -0.2) is 14.6 Å². The van der Waals surface area contributed by atoms with Crippen molar-refractivity contribution in [1.29, 1.82) is 0 Å². The molecule has 1 nitrogen and oxygen atoms in total. The van der Waals surface area contributed by atoms with Crippen molar-refractivity contribution in [3.63, 3.8) is 0 Å². The average Bonchev–Trinajstić information content (AvgIpc) is 2.05. The number of Topliss-reactive ketones (excluding diaryl/α,β-unsaturated/α-hetero) is 1. The SMILES string of the molecule is C[SiH](C)CC(=O)c1ccccc1. The van der Waals surface area contributed by atoms with Crippen LogP contribution in [0.15, 0.2) is 30.3 Å². The molecule has 0 aliphatic rings. The topological polar surface area (TPSA) is 17.1 Å². The molecule has 0 aromatic heterocycles. The fourth-order valence-electron chi connectivity index (χ4n) is 1.11. The van der Waals surface area contributed by atoms with Gasteiger partial charge >= 0.3 is 0 Å². The molecular weight excluding hydrogens is 164 g/mol. The van der Waals surface area contributed by atoms with E-state index in [1.165, 1.54) is 0 Å². The molecule has 0 N–H and O–H groups in total. The van der Waals surface area contributed by atoms with Crippen molar-refractivity contribution in [3.8, 4) is 0 Å². The van der Waals surface area contributed by atoms with Crippen molar-refractivity contribution < 1.29 is 4.79 Å². The van der Waals surface area contributed by atoms with Gasteiger partial charge in [-0.3, -0.25) is 4.79 Å². The predicted octanol–water partition coefficient (Wildman–Crippen LogP) is 2.36. The molecule has 0 unspecified atom stereocenters. The summed E-state index contributed by atoms with van der Waals surface area (Å²) < 4.78 is 0. The summed E-state index contributed by atoms with van der Waals surface area (Å²) in [5.41, 5.74) is 0.860. The van der Waals surface area contributed by atoms with Gasteiger partial charge in [-0.25, -0.2) is 0 Å². The normalized spacial score (nSPS) is 10.2. The highest BCUT2D eigenvalue weighted by atomic mass is 28.3. The van der Waals surface area contributed by atoms with Gasteiger partial charge in [-0.2, -0.15) is 0 Å². The summed E-state index contributed by atoms with van der Waals surface area (Å²) in [6, 6.07) is 10.3. The molecule has 1 aromatic carbocycles. The third-order valence-corrected chi connectivity index (χ3v) is 2.88. The molecule has 0 aliphatic heterocycles. The molecule has 12 heavy (non-hydrogen) atoms. The lowest BCUT2D eigenvalue weighted by Gasteiger charge is -2.01. The zero-order valence-electron chi connectivity index (χ0n) is 7.58. The lowest BCUT2D eigenvalue weighted by atomic mass is 10.2. The summed E-state index contributed by atoms with van der Waals surface area (Å²) in [5.74, 6) is 0.303. The Morgan fingerprint density at radius 2 is 1.83 bits per heavy atom. The van der Waals surface area contributed by atoms with E-state index in [4.69, 9.17) is 0 Å². The molecule has 2 heteroatoms. The highest BCUT2D eigenvalue weighted by Gasteiger charge is 2.07. The van der Waals surface area contributed by atoms with E-state index in [-0.39, 0.29) is 0 Å². The highest BCUT2D eigenvalue weighted by Crippen LogP contribution is 2.05. The molecule has 0 bridgehead atoms. The van der Waals surface area contributed by atoms with Crippen LogP contribution in [0, 0.1) is 0 Å². The maximum absolute atomic E-state index is 11.5. The zero-order chi connectivity index (χ0) is 8.97. The highest BCUT2D eigenvalue weighted by molar-refractivity contribution is 6.60. The maximum Gasteiger partial charge on any atom is 0.159 e. The Morgan fingerprint density at radius 1 is 1.25 bits per heavy atom. The molecule has 0 amide bonds. The second kappa shape index (κ2) is 4.21. The van der Waals surface area contributed by atoms with E-state index in [0.717, 1.165) is 11.6 Å². The molecule has 0 radical (unpaired) electrons. The van der Waals surface area contributed by atoms with Crippen LogP contribution in [0.3, 0.4) is 0 Å². The van der Waals surface area contributed by atoms with Gasteiger partial charge in [0, 0.05) is 20.4 Å². The second-order valence-electron chi connectivity index (χ2n) is 3.39. The first-order chi connectivity index (χ1) is 5.70. The van der Waals surface area contributed by atoms with Crippen molar-refractivity contribution in [1.82, 2.24) is 0 Å². The summed E-state index contributed by atoms with van der Waals surface area (Å²) in [4.78, 5) is 11.5. The Labute approximate surface area is 75.0 Å². The number of hydrogen-bond acceptors (Lipinski definition) is 1. The zero-order valence-corrected chi connectivity index (χ0v) is 8.73. The van der Waals surface area contributed by atoms with Crippen LogP contribution in [-0.2, 0) is 0 Å². The molecule has 64 valence electrons. The van der Waals surface area contributed by atoms with Gasteiger partial charge in [0.25, 0.3) is 0 Å². The van der Waals surface area contributed by atoms with E-state index in [1.807, 2.05) is 30.3 Å². The first-order valence-electron chi connectivity index (χ1n) is 4.28. The standard InChI is InChI=1S/C10H14OSi/c1-12(2)8-10(11)9-6-4-3-5-7-9/h3-7,12H,8H2,1-2H3. The number of ketones is 1. The first kappa shape index (κ1) is 9.20. The minimum Gasteiger partial charge on any atom is -0.295 e. The van der Waals surface area contributed by atoms with Crippen molar-refractivity contribution in [2.75, 3.05) is 0 Å². The maximum atomic E-state index is 11.5. The molecule has 0 atom stereocenters. The van der Waals surface area contributed by atoms with E-state index < -0.39 is 8.80 Å². The summed E-state index contributed by atoms with van der Waals surface area (Å²) >= 11 is 0. The summed E-state index contributed by atoms with van der Waals surface area (Å²) in [5, 5.41) is 0. The smallest absolute Gasteiger partial charge is 0.159 e.